The summed E-state index contributed by atoms with van der Waals surface area (Å²) in [5, 5.41) is 12.0. The second-order valence-electron chi connectivity index (χ2n) is 4.97. The SMILES string of the molecule is Cc1ccn2c(CC3CCCNC3)nnc2c1. The Bertz CT molecular complexity index is 511. The van der Waals surface area contributed by atoms with E-state index < -0.39 is 0 Å². The molecule has 4 nitrogen and oxygen atoms in total. The van der Waals surface area contributed by atoms with Crippen LogP contribution in [0.1, 0.15) is 24.2 Å². The number of aryl methyl sites for hydroxylation is 1. The number of rotatable bonds is 2. The monoisotopic (exact) mass is 230 g/mol. The zero-order chi connectivity index (χ0) is 11.7. The van der Waals surface area contributed by atoms with Crippen molar-refractivity contribution in [3.05, 3.63) is 29.7 Å². The van der Waals surface area contributed by atoms with Crippen molar-refractivity contribution in [2.75, 3.05) is 13.1 Å². The van der Waals surface area contributed by atoms with Crippen LogP contribution in [-0.4, -0.2) is 27.7 Å². The lowest BCUT2D eigenvalue weighted by Gasteiger charge is -2.21. The molecule has 1 atom stereocenters. The van der Waals surface area contributed by atoms with E-state index in [0.29, 0.717) is 5.92 Å². The average molecular weight is 230 g/mol. The number of pyridine rings is 1. The molecule has 1 unspecified atom stereocenters. The molecule has 0 bridgehead atoms. The Balaban J connectivity index is 1.84. The Morgan fingerprint density at radius 2 is 2.41 bits per heavy atom. The molecule has 90 valence electrons. The maximum absolute atomic E-state index is 4.32. The maximum atomic E-state index is 4.32. The molecular weight excluding hydrogens is 212 g/mol. The van der Waals surface area contributed by atoms with Crippen LogP contribution in [0, 0.1) is 12.8 Å². The molecule has 2 aromatic heterocycles. The zero-order valence-electron chi connectivity index (χ0n) is 10.2. The molecule has 1 aliphatic heterocycles. The summed E-state index contributed by atoms with van der Waals surface area (Å²) in [5.74, 6) is 1.80. The van der Waals surface area contributed by atoms with E-state index in [9.17, 15) is 0 Å². The molecule has 0 spiro atoms. The molecule has 0 radical (unpaired) electrons. The van der Waals surface area contributed by atoms with Gasteiger partial charge in [-0.25, -0.2) is 0 Å². The summed E-state index contributed by atoms with van der Waals surface area (Å²) in [6.45, 7) is 4.36. The molecule has 2 aromatic rings. The first-order valence-corrected chi connectivity index (χ1v) is 6.34. The van der Waals surface area contributed by atoms with Crippen molar-refractivity contribution in [1.82, 2.24) is 19.9 Å². The van der Waals surface area contributed by atoms with Gasteiger partial charge in [0.1, 0.15) is 5.82 Å². The Labute approximate surface area is 101 Å². The van der Waals surface area contributed by atoms with Gasteiger partial charge >= 0.3 is 0 Å². The number of nitrogens with zero attached hydrogens (tertiary/aromatic N) is 3. The lowest BCUT2D eigenvalue weighted by Crippen LogP contribution is -2.31. The van der Waals surface area contributed by atoms with Gasteiger partial charge in [0.15, 0.2) is 5.65 Å². The van der Waals surface area contributed by atoms with Gasteiger partial charge in [0.05, 0.1) is 0 Å². The zero-order valence-corrected chi connectivity index (χ0v) is 10.2. The van der Waals surface area contributed by atoms with Crippen LogP contribution in [0.25, 0.3) is 5.65 Å². The quantitative estimate of drug-likeness (QED) is 0.851. The van der Waals surface area contributed by atoms with Crippen LogP contribution in [0.5, 0.6) is 0 Å². The number of fused-ring (bicyclic) bond motifs is 1. The normalized spacial score (nSPS) is 20.9. The molecule has 0 saturated carbocycles. The second kappa shape index (κ2) is 4.45. The molecule has 1 fully saturated rings. The number of hydrogen-bond donors (Lipinski definition) is 1. The first-order valence-electron chi connectivity index (χ1n) is 6.34. The van der Waals surface area contributed by atoms with E-state index >= 15 is 0 Å². The van der Waals surface area contributed by atoms with Gasteiger partial charge in [-0.05, 0) is 56.5 Å². The number of hydrogen-bond acceptors (Lipinski definition) is 3. The third-order valence-electron chi connectivity index (χ3n) is 3.51. The van der Waals surface area contributed by atoms with Gasteiger partial charge in [0.25, 0.3) is 0 Å². The van der Waals surface area contributed by atoms with Crippen LogP contribution < -0.4 is 5.32 Å². The minimum atomic E-state index is 0.706. The number of piperidine rings is 1. The van der Waals surface area contributed by atoms with E-state index in [1.807, 2.05) is 0 Å². The van der Waals surface area contributed by atoms with Crippen LogP contribution in [0.4, 0.5) is 0 Å². The third-order valence-corrected chi connectivity index (χ3v) is 3.51. The van der Waals surface area contributed by atoms with E-state index in [-0.39, 0.29) is 0 Å². The fourth-order valence-corrected chi connectivity index (χ4v) is 2.54. The van der Waals surface area contributed by atoms with Gasteiger partial charge in [0.2, 0.25) is 0 Å². The predicted molar refractivity (Wildman–Crippen MR) is 67.0 cm³/mol. The molecule has 1 aliphatic rings. The van der Waals surface area contributed by atoms with Crippen molar-refractivity contribution in [3.63, 3.8) is 0 Å². The molecule has 0 aliphatic carbocycles. The smallest absolute Gasteiger partial charge is 0.161 e. The van der Waals surface area contributed by atoms with E-state index in [2.05, 4.69) is 45.2 Å². The molecule has 17 heavy (non-hydrogen) atoms. The van der Waals surface area contributed by atoms with Crippen molar-refractivity contribution < 1.29 is 0 Å². The van der Waals surface area contributed by atoms with Crippen LogP contribution in [0.15, 0.2) is 18.3 Å². The van der Waals surface area contributed by atoms with Gasteiger partial charge in [-0.15, -0.1) is 10.2 Å². The highest BCUT2D eigenvalue weighted by molar-refractivity contribution is 5.40. The van der Waals surface area contributed by atoms with E-state index in [1.54, 1.807) is 0 Å². The first kappa shape index (κ1) is 10.7. The molecule has 4 heteroatoms. The molecule has 1 N–H and O–H groups in total. The molecular formula is C13H18N4. The summed E-state index contributed by atoms with van der Waals surface area (Å²) >= 11 is 0. The van der Waals surface area contributed by atoms with Gasteiger partial charge in [-0.2, -0.15) is 0 Å². The van der Waals surface area contributed by atoms with Gasteiger partial charge < -0.3 is 5.32 Å². The number of nitrogens with one attached hydrogen (secondary N) is 1. The molecule has 0 amide bonds. The Hall–Kier alpha value is -1.42. The van der Waals surface area contributed by atoms with Crippen molar-refractivity contribution >= 4 is 5.65 Å². The van der Waals surface area contributed by atoms with Gasteiger partial charge in [-0.1, -0.05) is 0 Å². The second-order valence-corrected chi connectivity index (χ2v) is 4.97. The standard InChI is InChI=1S/C13H18N4/c1-10-4-6-17-12(7-10)15-16-13(17)8-11-3-2-5-14-9-11/h4,6-7,11,14H,2-3,5,8-9H2,1H3. The van der Waals surface area contributed by atoms with E-state index in [4.69, 9.17) is 0 Å². The summed E-state index contributed by atoms with van der Waals surface area (Å²) in [6, 6.07) is 4.19. The summed E-state index contributed by atoms with van der Waals surface area (Å²) in [4.78, 5) is 0. The Morgan fingerprint density at radius 3 is 3.24 bits per heavy atom. The fraction of sp³-hybridized carbons (Fsp3) is 0.538. The van der Waals surface area contributed by atoms with Crippen LogP contribution in [0.3, 0.4) is 0 Å². The minimum Gasteiger partial charge on any atom is -0.316 e. The summed E-state index contributed by atoms with van der Waals surface area (Å²) in [5.41, 5.74) is 2.19. The highest BCUT2D eigenvalue weighted by Crippen LogP contribution is 2.16. The highest BCUT2D eigenvalue weighted by atomic mass is 15.2. The first-order chi connectivity index (χ1) is 8.33. The van der Waals surface area contributed by atoms with Gasteiger partial charge in [0, 0.05) is 12.6 Å². The van der Waals surface area contributed by atoms with Crippen LogP contribution in [0.2, 0.25) is 0 Å². The topological polar surface area (TPSA) is 42.2 Å². The maximum Gasteiger partial charge on any atom is 0.161 e. The van der Waals surface area contributed by atoms with Crippen molar-refractivity contribution in [3.8, 4) is 0 Å². The summed E-state index contributed by atoms with van der Waals surface area (Å²) in [6.07, 6.45) is 5.68. The molecule has 3 rings (SSSR count). The lowest BCUT2D eigenvalue weighted by atomic mass is 9.96. The molecule has 0 aromatic carbocycles. The largest absolute Gasteiger partial charge is 0.316 e. The minimum absolute atomic E-state index is 0.706. The Morgan fingerprint density at radius 1 is 1.47 bits per heavy atom. The highest BCUT2D eigenvalue weighted by Gasteiger charge is 2.16. The summed E-state index contributed by atoms with van der Waals surface area (Å²) < 4.78 is 2.11. The number of aromatic nitrogens is 3. The molecule has 3 heterocycles. The van der Waals surface area contributed by atoms with Crippen molar-refractivity contribution in [1.29, 1.82) is 0 Å². The van der Waals surface area contributed by atoms with Crippen LogP contribution in [-0.2, 0) is 6.42 Å². The van der Waals surface area contributed by atoms with Crippen molar-refractivity contribution in [2.24, 2.45) is 5.92 Å². The average Bonchev–Trinajstić information content (AvgIpc) is 2.73. The lowest BCUT2D eigenvalue weighted by molar-refractivity contribution is 0.370. The van der Waals surface area contributed by atoms with Crippen LogP contribution >= 0.6 is 0 Å². The molecule has 1 saturated heterocycles. The van der Waals surface area contributed by atoms with Crippen molar-refractivity contribution in [2.45, 2.75) is 26.2 Å². The third kappa shape index (κ3) is 2.17. The van der Waals surface area contributed by atoms with E-state index in [0.717, 1.165) is 31.0 Å². The summed E-state index contributed by atoms with van der Waals surface area (Å²) in [7, 11) is 0. The van der Waals surface area contributed by atoms with E-state index in [1.165, 1.54) is 18.4 Å². The Kier molecular flexibility index (Phi) is 2.81. The van der Waals surface area contributed by atoms with Gasteiger partial charge in [-0.3, -0.25) is 4.40 Å². The predicted octanol–water partition coefficient (Wildman–Crippen LogP) is 1.58. The fourth-order valence-electron chi connectivity index (χ4n) is 2.54.